The fourth-order valence-electron chi connectivity index (χ4n) is 3.96. The topological polar surface area (TPSA) is 78.1 Å². The van der Waals surface area contributed by atoms with Gasteiger partial charge in [-0.15, -0.1) is 0 Å². The number of carbonyl (C=O) groups excluding carboxylic acids is 2. The minimum Gasteiger partial charge on any atom is -0.349 e. The Morgan fingerprint density at radius 3 is 2.73 bits per heavy atom. The van der Waals surface area contributed by atoms with Crippen LogP contribution in [0.2, 0.25) is 0 Å². The maximum absolute atomic E-state index is 13.0. The summed E-state index contributed by atoms with van der Waals surface area (Å²) in [5.74, 6) is -0.0904. The number of carbonyl (C=O) groups is 2. The van der Waals surface area contributed by atoms with Crippen LogP contribution < -0.4 is 5.32 Å². The molecule has 1 atom stereocenters. The predicted octanol–water partition coefficient (Wildman–Crippen LogP) is 3.75. The van der Waals surface area contributed by atoms with E-state index in [9.17, 15) is 9.59 Å². The molecule has 154 valence electrons. The average Bonchev–Trinajstić information content (AvgIpc) is 3.18. The Morgan fingerprint density at radius 2 is 2.03 bits per heavy atom. The average molecular weight is 402 g/mol. The zero-order valence-corrected chi connectivity index (χ0v) is 17.3. The summed E-state index contributed by atoms with van der Waals surface area (Å²) in [4.78, 5) is 34.1. The van der Waals surface area contributed by atoms with Gasteiger partial charge in [0.05, 0.1) is 12.5 Å². The van der Waals surface area contributed by atoms with Gasteiger partial charge in [-0.25, -0.2) is 4.98 Å². The normalized spacial score (nSPS) is 15.0. The number of pyridine rings is 1. The summed E-state index contributed by atoms with van der Waals surface area (Å²) in [6, 6.07) is 11.6. The smallest absolute Gasteiger partial charge is 0.225 e. The van der Waals surface area contributed by atoms with E-state index in [4.69, 9.17) is 0 Å². The largest absolute Gasteiger partial charge is 0.349 e. The van der Waals surface area contributed by atoms with Gasteiger partial charge in [0.25, 0.3) is 0 Å². The van der Waals surface area contributed by atoms with Crippen molar-refractivity contribution in [3.63, 3.8) is 0 Å². The molecule has 1 aliphatic heterocycles. The Hall–Kier alpha value is -3.41. The Balaban J connectivity index is 1.46. The summed E-state index contributed by atoms with van der Waals surface area (Å²) in [6.07, 6.45) is 6.94. The molecule has 6 heteroatoms. The summed E-state index contributed by atoms with van der Waals surface area (Å²) in [5, 5.41) is 4.03. The molecule has 0 spiro atoms. The number of aryl methyl sites for hydroxylation is 1. The van der Waals surface area contributed by atoms with E-state index >= 15 is 0 Å². The number of rotatable bonds is 5. The molecule has 4 rings (SSSR count). The van der Waals surface area contributed by atoms with E-state index in [-0.39, 0.29) is 24.3 Å². The van der Waals surface area contributed by atoms with Gasteiger partial charge in [-0.3, -0.25) is 9.59 Å². The number of aromatic amines is 1. The lowest BCUT2D eigenvalue weighted by Crippen LogP contribution is -2.38. The molecule has 0 radical (unpaired) electrons. The molecule has 2 aromatic heterocycles. The van der Waals surface area contributed by atoms with Crippen molar-refractivity contribution in [2.24, 2.45) is 0 Å². The van der Waals surface area contributed by atoms with Crippen molar-refractivity contribution in [3.05, 3.63) is 71.6 Å². The highest BCUT2D eigenvalue weighted by atomic mass is 16.2. The van der Waals surface area contributed by atoms with E-state index in [1.54, 1.807) is 6.20 Å². The fraction of sp³-hybridized carbons (Fsp3) is 0.292. The number of aromatic nitrogens is 2. The zero-order valence-electron chi connectivity index (χ0n) is 17.3. The monoisotopic (exact) mass is 402 g/mol. The highest BCUT2D eigenvalue weighted by Gasteiger charge is 2.23. The molecular formula is C24H26N4O2. The van der Waals surface area contributed by atoms with Crippen molar-refractivity contribution in [3.8, 4) is 0 Å². The number of hydrogen-bond acceptors (Lipinski definition) is 3. The van der Waals surface area contributed by atoms with Gasteiger partial charge < -0.3 is 15.2 Å². The first-order valence-corrected chi connectivity index (χ1v) is 10.2. The number of benzene rings is 1. The lowest BCUT2D eigenvalue weighted by Gasteiger charge is -2.28. The van der Waals surface area contributed by atoms with Crippen LogP contribution in [0.3, 0.4) is 0 Å². The van der Waals surface area contributed by atoms with Gasteiger partial charge in [-0.05, 0) is 36.6 Å². The van der Waals surface area contributed by atoms with Gasteiger partial charge >= 0.3 is 0 Å². The molecule has 0 saturated heterocycles. The van der Waals surface area contributed by atoms with Gasteiger partial charge in [0.15, 0.2) is 0 Å². The predicted molar refractivity (Wildman–Crippen MR) is 118 cm³/mol. The van der Waals surface area contributed by atoms with Gasteiger partial charge in [0, 0.05) is 43.4 Å². The first-order chi connectivity index (χ1) is 14.5. The highest BCUT2D eigenvalue weighted by molar-refractivity contribution is 5.91. The number of fused-ring (bicyclic) bond motifs is 1. The lowest BCUT2D eigenvalue weighted by molar-refractivity contribution is -0.131. The van der Waals surface area contributed by atoms with Crippen molar-refractivity contribution in [1.82, 2.24) is 20.2 Å². The fourth-order valence-corrected chi connectivity index (χ4v) is 3.96. The van der Waals surface area contributed by atoms with Crippen LogP contribution in [0.15, 0.2) is 54.9 Å². The third-order valence-electron chi connectivity index (χ3n) is 5.59. The maximum atomic E-state index is 13.0. The van der Waals surface area contributed by atoms with Crippen LogP contribution >= 0.6 is 0 Å². The molecule has 2 N–H and O–H groups in total. The Bertz CT molecular complexity index is 1100. The third kappa shape index (κ3) is 4.27. The standard InChI is InChI=1S/C24H26N4O2/c1-16-5-7-19(8-6-16)22(27-17(2)29)14-23(30)28-12-9-18(10-13-28)21-15-26-24-20(21)4-3-11-25-24/h3-9,11,15,22H,10,12-14H2,1-2H3,(H,25,26)(H,27,29). The third-order valence-corrected chi connectivity index (χ3v) is 5.59. The Labute approximate surface area is 176 Å². The molecule has 2 amide bonds. The van der Waals surface area contributed by atoms with Crippen LogP contribution in [0.1, 0.15) is 42.5 Å². The van der Waals surface area contributed by atoms with Crippen LogP contribution in [0.25, 0.3) is 16.6 Å². The van der Waals surface area contributed by atoms with Crippen LogP contribution in [-0.2, 0) is 9.59 Å². The van der Waals surface area contributed by atoms with Crippen LogP contribution in [-0.4, -0.2) is 39.8 Å². The van der Waals surface area contributed by atoms with E-state index in [0.29, 0.717) is 13.1 Å². The number of hydrogen-bond donors (Lipinski definition) is 2. The molecule has 0 fully saturated rings. The van der Waals surface area contributed by atoms with Crippen molar-refractivity contribution in [2.75, 3.05) is 13.1 Å². The molecular weight excluding hydrogens is 376 g/mol. The molecule has 1 aromatic carbocycles. The molecule has 1 unspecified atom stereocenters. The Kier molecular flexibility index (Phi) is 5.65. The summed E-state index contributed by atoms with van der Waals surface area (Å²) >= 11 is 0. The van der Waals surface area contributed by atoms with Crippen LogP contribution in [0.5, 0.6) is 0 Å². The van der Waals surface area contributed by atoms with E-state index in [0.717, 1.165) is 34.1 Å². The van der Waals surface area contributed by atoms with Gasteiger partial charge in [0.1, 0.15) is 5.65 Å². The molecule has 0 saturated carbocycles. The molecule has 3 aromatic rings. The first kappa shape index (κ1) is 19.9. The minimum absolute atomic E-state index is 0.0465. The van der Waals surface area contributed by atoms with Crippen molar-refractivity contribution in [2.45, 2.75) is 32.7 Å². The summed E-state index contributed by atoms with van der Waals surface area (Å²) in [5.41, 5.74) is 5.36. The Morgan fingerprint density at radius 1 is 1.23 bits per heavy atom. The van der Waals surface area contributed by atoms with Gasteiger partial charge in [-0.2, -0.15) is 0 Å². The molecule has 6 nitrogen and oxygen atoms in total. The van der Waals surface area contributed by atoms with E-state index in [1.165, 1.54) is 12.5 Å². The number of H-pyrrole nitrogens is 1. The van der Waals surface area contributed by atoms with E-state index in [2.05, 4.69) is 27.4 Å². The number of nitrogens with one attached hydrogen (secondary N) is 2. The first-order valence-electron chi connectivity index (χ1n) is 10.2. The SMILES string of the molecule is CC(=O)NC(CC(=O)N1CC=C(c2c[nH]c3ncccc23)CC1)c1ccc(C)cc1. The van der Waals surface area contributed by atoms with E-state index in [1.807, 2.05) is 48.4 Å². The van der Waals surface area contributed by atoms with Gasteiger partial charge in [-0.1, -0.05) is 35.9 Å². The second-order valence-corrected chi connectivity index (χ2v) is 7.79. The van der Waals surface area contributed by atoms with Gasteiger partial charge in [0.2, 0.25) is 11.8 Å². The van der Waals surface area contributed by atoms with Crippen molar-refractivity contribution in [1.29, 1.82) is 0 Å². The van der Waals surface area contributed by atoms with Crippen LogP contribution in [0.4, 0.5) is 0 Å². The summed E-state index contributed by atoms with van der Waals surface area (Å²) in [7, 11) is 0. The second-order valence-electron chi connectivity index (χ2n) is 7.79. The molecule has 0 aliphatic carbocycles. The summed E-state index contributed by atoms with van der Waals surface area (Å²) < 4.78 is 0. The lowest BCUT2D eigenvalue weighted by atomic mass is 9.98. The van der Waals surface area contributed by atoms with E-state index < -0.39 is 0 Å². The van der Waals surface area contributed by atoms with Crippen LogP contribution in [0, 0.1) is 6.92 Å². The molecule has 30 heavy (non-hydrogen) atoms. The maximum Gasteiger partial charge on any atom is 0.225 e. The highest BCUT2D eigenvalue weighted by Crippen LogP contribution is 2.29. The summed E-state index contributed by atoms with van der Waals surface area (Å²) in [6.45, 7) is 4.74. The minimum atomic E-state index is -0.319. The molecule has 3 heterocycles. The zero-order chi connectivity index (χ0) is 21.1. The number of amides is 2. The molecule has 0 bridgehead atoms. The van der Waals surface area contributed by atoms with Crippen molar-refractivity contribution >= 4 is 28.4 Å². The molecule has 1 aliphatic rings. The quantitative estimate of drug-likeness (QED) is 0.682. The number of nitrogens with zero attached hydrogens (tertiary/aromatic N) is 2. The van der Waals surface area contributed by atoms with Crippen molar-refractivity contribution < 1.29 is 9.59 Å². The second kappa shape index (κ2) is 8.53.